The fraction of sp³-hybridized carbons (Fsp3) is 0.636. The molecular formula is C11H19NO3S. The van der Waals surface area contributed by atoms with Gasteiger partial charge in [-0.1, -0.05) is 13.8 Å². The molecule has 1 rings (SSSR count). The maximum Gasteiger partial charge on any atom is 0.264 e. The molecule has 1 heterocycles. The van der Waals surface area contributed by atoms with E-state index < -0.39 is 10.1 Å². The van der Waals surface area contributed by atoms with E-state index in [0.717, 1.165) is 12.8 Å². The molecule has 0 bridgehead atoms. The van der Waals surface area contributed by atoms with Crippen LogP contribution in [0.15, 0.2) is 18.5 Å². The zero-order valence-electron chi connectivity index (χ0n) is 10.0. The van der Waals surface area contributed by atoms with Gasteiger partial charge in [0.1, 0.15) is 0 Å². The second-order valence-electron chi connectivity index (χ2n) is 4.22. The van der Waals surface area contributed by atoms with Crippen molar-refractivity contribution < 1.29 is 12.6 Å². The number of hydrogen-bond acceptors (Lipinski definition) is 3. The average Bonchev–Trinajstić information content (AvgIpc) is 2.59. The highest BCUT2D eigenvalue weighted by atomic mass is 32.2. The highest BCUT2D eigenvalue weighted by Gasteiger charge is 2.03. The van der Waals surface area contributed by atoms with Gasteiger partial charge in [-0.25, -0.2) is 0 Å². The summed E-state index contributed by atoms with van der Waals surface area (Å²) >= 11 is 0. The molecule has 0 unspecified atom stereocenters. The molecule has 0 fully saturated rings. The highest BCUT2D eigenvalue weighted by molar-refractivity contribution is 7.85. The van der Waals surface area contributed by atoms with Gasteiger partial charge in [0.05, 0.1) is 12.9 Å². The molecule has 0 aromatic carbocycles. The second-order valence-corrected chi connectivity index (χ2v) is 5.86. The molecule has 4 nitrogen and oxygen atoms in total. The van der Waals surface area contributed by atoms with E-state index in [4.69, 9.17) is 0 Å². The van der Waals surface area contributed by atoms with Crippen molar-refractivity contribution in [2.24, 2.45) is 0 Å². The van der Waals surface area contributed by atoms with Gasteiger partial charge in [0.25, 0.3) is 10.1 Å². The van der Waals surface area contributed by atoms with Crippen LogP contribution in [0, 0.1) is 0 Å². The van der Waals surface area contributed by atoms with Crippen LogP contribution in [-0.2, 0) is 20.8 Å². The summed E-state index contributed by atoms with van der Waals surface area (Å²) in [6.45, 7) is 5.31. The molecule has 0 saturated heterocycles. The summed E-state index contributed by atoms with van der Waals surface area (Å²) in [4.78, 5) is 0. The molecule has 0 aliphatic carbocycles. The van der Waals surface area contributed by atoms with E-state index in [1.807, 2.05) is 6.20 Å². The normalized spacial score (nSPS) is 12.2. The molecule has 16 heavy (non-hydrogen) atoms. The van der Waals surface area contributed by atoms with E-state index in [1.165, 1.54) is 5.56 Å². The van der Waals surface area contributed by atoms with Gasteiger partial charge >= 0.3 is 0 Å². The second kappa shape index (κ2) is 5.50. The van der Waals surface area contributed by atoms with Crippen LogP contribution in [0.2, 0.25) is 0 Å². The Labute approximate surface area is 97.4 Å². The summed E-state index contributed by atoms with van der Waals surface area (Å²) < 4.78 is 28.1. The molecule has 0 saturated carbocycles. The summed E-state index contributed by atoms with van der Waals surface area (Å²) in [6.07, 6.45) is 5.86. The Kier molecular flexibility index (Phi) is 4.56. The van der Waals surface area contributed by atoms with Crippen molar-refractivity contribution in [2.45, 2.75) is 32.7 Å². The van der Waals surface area contributed by atoms with E-state index in [0.29, 0.717) is 12.3 Å². The number of hydrogen-bond donors (Lipinski definition) is 0. The molecule has 0 amide bonds. The minimum atomic E-state index is -3.30. The van der Waals surface area contributed by atoms with E-state index in [9.17, 15) is 8.42 Å². The van der Waals surface area contributed by atoms with Crippen LogP contribution < -0.4 is 0 Å². The standard InChI is InChI=1S/C11H19NO3S/c1-10(2)11-5-7-12(9-11)6-4-8-15-16(3,13)14/h5,7,9-10H,4,6,8H2,1-3H3. The fourth-order valence-electron chi connectivity index (χ4n) is 1.40. The van der Waals surface area contributed by atoms with Crippen LogP contribution in [-0.4, -0.2) is 25.8 Å². The summed E-state index contributed by atoms with van der Waals surface area (Å²) in [6, 6.07) is 2.09. The molecule has 0 N–H and O–H groups in total. The van der Waals surface area contributed by atoms with Gasteiger partial charge in [-0.3, -0.25) is 4.18 Å². The van der Waals surface area contributed by atoms with Crippen LogP contribution in [0.4, 0.5) is 0 Å². The zero-order valence-corrected chi connectivity index (χ0v) is 10.8. The third kappa shape index (κ3) is 4.81. The lowest BCUT2D eigenvalue weighted by Gasteiger charge is -2.03. The van der Waals surface area contributed by atoms with Gasteiger partial charge in [0.2, 0.25) is 0 Å². The number of aromatic nitrogens is 1. The predicted octanol–water partition coefficient (Wildman–Crippen LogP) is 1.98. The van der Waals surface area contributed by atoms with E-state index >= 15 is 0 Å². The largest absolute Gasteiger partial charge is 0.354 e. The van der Waals surface area contributed by atoms with Crippen molar-refractivity contribution >= 4 is 10.1 Å². The van der Waals surface area contributed by atoms with Gasteiger partial charge in [0, 0.05) is 18.9 Å². The minimum Gasteiger partial charge on any atom is -0.354 e. The van der Waals surface area contributed by atoms with Crippen molar-refractivity contribution in [3.63, 3.8) is 0 Å². The number of aryl methyl sites for hydroxylation is 1. The van der Waals surface area contributed by atoms with Gasteiger partial charge in [0.15, 0.2) is 0 Å². The van der Waals surface area contributed by atoms with Gasteiger partial charge in [-0.2, -0.15) is 8.42 Å². The summed E-state index contributed by atoms with van der Waals surface area (Å²) in [7, 11) is -3.30. The first-order valence-electron chi connectivity index (χ1n) is 5.38. The molecule has 1 aromatic rings. The molecule has 0 radical (unpaired) electrons. The zero-order chi connectivity index (χ0) is 12.2. The smallest absolute Gasteiger partial charge is 0.264 e. The Balaban J connectivity index is 2.32. The Morgan fingerprint density at radius 1 is 1.44 bits per heavy atom. The van der Waals surface area contributed by atoms with E-state index in [2.05, 4.69) is 34.9 Å². The van der Waals surface area contributed by atoms with Crippen molar-refractivity contribution in [3.05, 3.63) is 24.0 Å². The van der Waals surface area contributed by atoms with E-state index in [1.54, 1.807) is 0 Å². The van der Waals surface area contributed by atoms with Gasteiger partial charge < -0.3 is 4.57 Å². The Bertz CT molecular complexity index is 420. The molecule has 5 heteroatoms. The van der Waals surface area contributed by atoms with Crippen molar-refractivity contribution in [3.8, 4) is 0 Å². The molecular weight excluding hydrogens is 226 g/mol. The summed E-state index contributed by atoms with van der Waals surface area (Å²) in [5.74, 6) is 0.522. The van der Waals surface area contributed by atoms with Crippen LogP contribution in [0.5, 0.6) is 0 Å². The first-order chi connectivity index (χ1) is 7.38. The SMILES string of the molecule is CC(C)c1ccn(CCCOS(C)(=O)=O)c1. The molecule has 0 spiro atoms. The highest BCUT2D eigenvalue weighted by Crippen LogP contribution is 2.14. The van der Waals surface area contributed by atoms with Crippen molar-refractivity contribution in [2.75, 3.05) is 12.9 Å². The number of rotatable bonds is 6. The van der Waals surface area contributed by atoms with Crippen LogP contribution >= 0.6 is 0 Å². The number of nitrogens with zero attached hydrogens (tertiary/aromatic N) is 1. The molecule has 0 atom stereocenters. The lowest BCUT2D eigenvalue weighted by molar-refractivity contribution is 0.307. The first-order valence-corrected chi connectivity index (χ1v) is 7.20. The summed E-state index contributed by atoms with van der Waals surface area (Å²) in [5, 5.41) is 0. The fourth-order valence-corrected chi connectivity index (χ4v) is 1.82. The molecule has 0 aliphatic heterocycles. The molecule has 92 valence electrons. The maximum atomic E-state index is 10.7. The Morgan fingerprint density at radius 2 is 2.12 bits per heavy atom. The van der Waals surface area contributed by atoms with Crippen LogP contribution in [0.1, 0.15) is 31.7 Å². The lowest BCUT2D eigenvalue weighted by atomic mass is 10.1. The van der Waals surface area contributed by atoms with Crippen molar-refractivity contribution in [1.29, 1.82) is 0 Å². The molecule has 1 aromatic heterocycles. The Hall–Kier alpha value is -0.810. The topological polar surface area (TPSA) is 48.3 Å². The lowest BCUT2D eigenvalue weighted by Crippen LogP contribution is -2.06. The minimum absolute atomic E-state index is 0.244. The third-order valence-corrected chi connectivity index (χ3v) is 2.89. The monoisotopic (exact) mass is 245 g/mol. The van der Waals surface area contributed by atoms with Crippen molar-refractivity contribution in [1.82, 2.24) is 4.57 Å². The molecule has 0 aliphatic rings. The summed E-state index contributed by atoms with van der Waals surface area (Å²) in [5.41, 5.74) is 1.30. The third-order valence-electron chi connectivity index (χ3n) is 2.30. The van der Waals surface area contributed by atoms with Gasteiger partial charge in [-0.05, 0) is 24.0 Å². The quantitative estimate of drug-likeness (QED) is 0.569. The first kappa shape index (κ1) is 13.3. The van der Waals surface area contributed by atoms with Crippen LogP contribution in [0.3, 0.4) is 0 Å². The van der Waals surface area contributed by atoms with Gasteiger partial charge in [-0.15, -0.1) is 0 Å². The maximum absolute atomic E-state index is 10.7. The van der Waals surface area contributed by atoms with E-state index in [-0.39, 0.29) is 6.61 Å². The Morgan fingerprint density at radius 3 is 2.62 bits per heavy atom. The van der Waals surface area contributed by atoms with Crippen LogP contribution in [0.25, 0.3) is 0 Å². The average molecular weight is 245 g/mol. The predicted molar refractivity (Wildman–Crippen MR) is 63.9 cm³/mol.